The Balaban J connectivity index is 2.29. The summed E-state index contributed by atoms with van der Waals surface area (Å²) in [5, 5.41) is 0.287. The van der Waals surface area contributed by atoms with Crippen LogP contribution in [0.2, 0.25) is 5.15 Å². The molecule has 108 valence electrons. The van der Waals surface area contributed by atoms with Gasteiger partial charge in [0.1, 0.15) is 10.0 Å². The number of sulfonamides is 1. The fraction of sp³-hybridized carbons (Fsp3) is 0.615. The maximum Gasteiger partial charge on any atom is 0.242 e. The summed E-state index contributed by atoms with van der Waals surface area (Å²) in [6.07, 6.45) is 8.05. The van der Waals surface area contributed by atoms with Gasteiger partial charge < -0.3 is 0 Å². The van der Waals surface area contributed by atoms with Crippen LogP contribution in [0.25, 0.3) is 0 Å². The molecule has 1 rings (SSSR count). The van der Waals surface area contributed by atoms with Crippen LogP contribution in [0.4, 0.5) is 0 Å². The molecule has 19 heavy (non-hydrogen) atoms. The topological polar surface area (TPSA) is 59.1 Å². The van der Waals surface area contributed by atoms with E-state index < -0.39 is 10.0 Å². The normalized spacial score (nSPS) is 11.7. The van der Waals surface area contributed by atoms with E-state index in [0.717, 1.165) is 19.3 Å². The van der Waals surface area contributed by atoms with Crippen molar-refractivity contribution in [3.05, 3.63) is 23.5 Å². The van der Waals surface area contributed by atoms with Crippen LogP contribution < -0.4 is 4.72 Å². The monoisotopic (exact) mass is 304 g/mol. The summed E-state index contributed by atoms with van der Waals surface area (Å²) in [4.78, 5) is 3.93. The summed E-state index contributed by atoms with van der Waals surface area (Å²) in [6, 6.07) is 2.93. The van der Waals surface area contributed by atoms with Crippen molar-refractivity contribution in [2.45, 2.75) is 50.3 Å². The minimum Gasteiger partial charge on any atom is -0.243 e. The van der Waals surface area contributed by atoms with Crippen LogP contribution in [0, 0.1) is 0 Å². The first-order valence-electron chi connectivity index (χ1n) is 6.67. The SMILES string of the molecule is CCCCCCCCNS(=O)(=O)c1ccc(Cl)nc1. The average molecular weight is 305 g/mol. The molecule has 4 nitrogen and oxygen atoms in total. The van der Waals surface area contributed by atoms with Crippen LogP contribution in [0.15, 0.2) is 23.2 Å². The van der Waals surface area contributed by atoms with Gasteiger partial charge in [-0.25, -0.2) is 18.1 Å². The minimum atomic E-state index is -3.45. The van der Waals surface area contributed by atoms with Gasteiger partial charge in [0.25, 0.3) is 0 Å². The van der Waals surface area contributed by atoms with Gasteiger partial charge in [-0.3, -0.25) is 0 Å². The number of halogens is 1. The van der Waals surface area contributed by atoms with Crippen LogP contribution in [0.1, 0.15) is 45.4 Å². The first-order valence-corrected chi connectivity index (χ1v) is 8.53. The third-order valence-electron chi connectivity index (χ3n) is 2.83. The van der Waals surface area contributed by atoms with E-state index in [1.807, 2.05) is 0 Å². The molecule has 0 saturated carbocycles. The summed E-state index contributed by atoms with van der Waals surface area (Å²) in [7, 11) is -3.45. The number of nitrogens with zero attached hydrogens (tertiary/aromatic N) is 1. The van der Waals surface area contributed by atoms with Gasteiger partial charge in [-0.2, -0.15) is 0 Å². The molecule has 0 saturated heterocycles. The molecule has 0 fully saturated rings. The van der Waals surface area contributed by atoms with Gasteiger partial charge in [-0.05, 0) is 18.6 Å². The predicted molar refractivity (Wildman–Crippen MR) is 77.8 cm³/mol. The Morgan fingerprint density at radius 1 is 1.16 bits per heavy atom. The van der Waals surface area contributed by atoms with E-state index in [4.69, 9.17) is 11.6 Å². The van der Waals surface area contributed by atoms with Crippen molar-refractivity contribution in [1.29, 1.82) is 0 Å². The minimum absolute atomic E-state index is 0.155. The molecule has 0 aliphatic heterocycles. The molecule has 1 heterocycles. The standard InChI is InChI=1S/C13H21ClN2O2S/c1-2-3-4-5-6-7-10-16-19(17,18)12-8-9-13(14)15-11-12/h8-9,11,16H,2-7,10H2,1H3. The van der Waals surface area contributed by atoms with Crippen LogP contribution in [0.3, 0.4) is 0 Å². The smallest absolute Gasteiger partial charge is 0.242 e. The van der Waals surface area contributed by atoms with Crippen molar-refractivity contribution in [2.75, 3.05) is 6.54 Å². The van der Waals surface area contributed by atoms with Gasteiger partial charge in [-0.15, -0.1) is 0 Å². The van der Waals surface area contributed by atoms with Crippen molar-refractivity contribution >= 4 is 21.6 Å². The molecule has 0 bridgehead atoms. The lowest BCUT2D eigenvalue weighted by atomic mass is 10.1. The number of unbranched alkanes of at least 4 members (excludes halogenated alkanes) is 5. The van der Waals surface area contributed by atoms with Crippen molar-refractivity contribution < 1.29 is 8.42 Å². The third-order valence-corrected chi connectivity index (χ3v) is 4.50. The summed E-state index contributed by atoms with van der Waals surface area (Å²) < 4.78 is 26.3. The van der Waals surface area contributed by atoms with E-state index in [1.165, 1.54) is 37.6 Å². The quantitative estimate of drug-likeness (QED) is 0.562. The summed E-state index contributed by atoms with van der Waals surface area (Å²) >= 11 is 5.62. The van der Waals surface area contributed by atoms with E-state index in [9.17, 15) is 8.42 Å². The predicted octanol–water partition coefficient (Wildman–Crippen LogP) is 3.37. The zero-order chi connectivity index (χ0) is 14.1. The second-order valence-corrected chi connectivity index (χ2v) is 6.64. The van der Waals surface area contributed by atoms with Crippen molar-refractivity contribution in [3.63, 3.8) is 0 Å². The zero-order valence-electron chi connectivity index (χ0n) is 11.2. The summed E-state index contributed by atoms with van der Waals surface area (Å²) in [5.41, 5.74) is 0. The zero-order valence-corrected chi connectivity index (χ0v) is 12.8. The van der Waals surface area contributed by atoms with Gasteiger partial charge in [-0.1, -0.05) is 50.6 Å². The molecule has 0 aliphatic carbocycles. The highest BCUT2D eigenvalue weighted by molar-refractivity contribution is 7.89. The average Bonchev–Trinajstić information content (AvgIpc) is 2.38. The summed E-state index contributed by atoms with van der Waals surface area (Å²) in [5.74, 6) is 0. The lowest BCUT2D eigenvalue weighted by molar-refractivity contribution is 0.567. The van der Waals surface area contributed by atoms with Gasteiger partial charge >= 0.3 is 0 Å². The molecule has 6 heteroatoms. The van der Waals surface area contributed by atoms with Gasteiger partial charge in [0.05, 0.1) is 0 Å². The highest BCUT2D eigenvalue weighted by Gasteiger charge is 2.13. The molecule has 0 aromatic carbocycles. The fourth-order valence-corrected chi connectivity index (χ4v) is 2.85. The molecule has 0 spiro atoms. The lowest BCUT2D eigenvalue weighted by Gasteiger charge is -2.06. The molecule has 0 amide bonds. The summed E-state index contributed by atoms with van der Waals surface area (Å²) in [6.45, 7) is 2.64. The van der Waals surface area contributed by atoms with Crippen LogP contribution in [-0.4, -0.2) is 19.9 Å². The largest absolute Gasteiger partial charge is 0.243 e. The molecule has 0 aliphatic rings. The van der Waals surface area contributed by atoms with Crippen molar-refractivity contribution in [2.24, 2.45) is 0 Å². The first kappa shape index (κ1) is 16.4. The molecule has 1 N–H and O–H groups in total. The highest BCUT2D eigenvalue weighted by Crippen LogP contribution is 2.11. The number of hydrogen-bond acceptors (Lipinski definition) is 3. The fourth-order valence-electron chi connectivity index (χ4n) is 1.72. The second-order valence-electron chi connectivity index (χ2n) is 4.48. The maximum atomic E-state index is 11.9. The molecule has 0 radical (unpaired) electrons. The van der Waals surface area contributed by atoms with Crippen molar-refractivity contribution in [3.8, 4) is 0 Å². The van der Waals surface area contributed by atoms with E-state index in [-0.39, 0.29) is 10.0 Å². The molecule has 1 aromatic rings. The maximum absolute atomic E-state index is 11.9. The van der Waals surface area contributed by atoms with Gasteiger partial charge in [0, 0.05) is 12.7 Å². The van der Waals surface area contributed by atoms with Crippen LogP contribution in [0.5, 0.6) is 0 Å². The van der Waals surface area contributed by atoms with E-state index in [1.54, 1.807) is 0 Å². The Bertz CT molecular complexity index is 460. The van der Waals surface area contributed by atoms with Crippen molar-refractivity contribution in [1.82, 2.24) is 9.71 Å². The van der Waals surface area contributed by atoms with Crippen LogP contribution in [-0.2, 0) is 10.0 Å². The van der Waals surface area contributed by atoms with Gasteiger partial charge in [0.15, 0.2) is 0 Å². The Hall–Kier alpha value is -0.650. The Kier molecular flexibility index (Phi) is 7.34. The molecular weight excluding hydrogens is 284 g/mol. The number of rotatable bonds is 9. The highest BCUT2D eigenvalue weighted by atomic mass is 35.5. The number of hydrogen-bond donors (Lipinski definition) is 1. The van der Waals surface area contributed by atoms with Gasteiger partial charge in [0.2, 0.25) is 10.0 Å². The van der Waals surface area contributed by atoms with Crippen LogP contribution >= 0.6 is 11.6 Å². The first-order chi connectivity index (χ1) is 9.06. The molecule has 0 unspecified atom stereocenters. The third kappa shape index (κ3) is 6.36. The number of nitrogens with one attached hydrogen (secondary N) is 1. The Labute approximate surface area is 120 Å². The molecule has 0 atom stereocenters. The van der Waals surface area contributed by atoms with E-state index in [0.29, 0.717) is 6.54 Å². The Morgan fingerprint density at radius 3 is 2.47 bits per heavy atom. The number of pyridine rings is 1. The molecular formula is C13H21ClN2O2S. The lowest BCUT2D eigenvalue weighted by Crippen LogP contribution is -2.24. The molecule has 1 aromatic heterocycles. The Morgan fingerprint density at radius 2 is 1.84 bits per heavy atom. The van der Waals surface area contributed by atoms with E-state index in [2.05, 4.69) is 16.6 Å². The second kappa shape index (κ2) is 8.51. The number of aromatic nitrogens is 1. The van der Waals surface area contributed by atoms with E-state index >= 15 is 0 Å².